The van der Waals surface area contributed by atoms with E-state index >= 15 is 0 Å². The average Bonchev–Trinajstić information content (AvgIpc) is 3.17. The summed E-state index contributed by atoms with van der Waals surface area (Å²) < 4.78 is 12.8. The first-order valence-electron chi connectivity index (χ1n) is 6.95. The van der Waals surface area contributed by atoms with Crippen LogP contribution in [0.3, 0.4) is 0 Å². The van der Waals surface area contributed by atoms with Crippen molar-refractivity contribution in [3.8, 4) is 0 Å². The lowest BCUT2D eigenvalue weighted by Gasteiger charge is -2.16. The summed E-state index contributed by atoms with van der Waals surface area (Å²) in [4.78, 5) is 25.6. The fourth-order valence-corrected chi connectivity index (χ4v) is 2.63. The number of likely N-dealkylation sites (tertiary alicyclic amines) is 1. The van der Waals surface area contributed by atoms with Gasteiger partial charge in [0.15, 0.2) is 0 Å². The normalized spacial score (nSPS) is 22.1. The number of benzene rings is 1. The van der Waals surface area contributed by atoms with Gasteiger partial charge in [-0.05, 0) is 30.5 Å². The topological polar surface area (TPSA) is 49.4 Å². The van der Waals surface area contributed by atoms with Crippen molar-refractivity contribution in [2.45, 2.75) is 37.8 Å². The predicted molar refractivity (Wildman–Crippen MR) is 71.4 cm³/mol. The number of carbonyl (C=O) groups excluding carboxylic acids is 2. The summed E-state index contributed by atoms with van der Waals surface area (Å²) in [7, 11) is 0. The van der Waals surface area contributed by atoms with Gasteiger partial charge in [0.1, 0.15) is 5.82 Å². The van der Waals surface area contributed by atoms with Gasteiger partial charge >= 0.3 is 0 Å². The van der Waals surface area contributed by atoms with Gasteiger partial charge in [-0.3, -0.25) is 9.59 Å². The number of carbonyl (C=O) groups is 2. The van der Waals surface area contributed by atoms with Gasteiger partial charge in [-0.1, -0.05) is 12.1 Å². The summed E-state index contributed by atoms with van der Waals surface area (Å²) in [6.07, 6.45) is 2.78. The highest BCUT2D eigenvalue weighted by atomic mass is 19.1. The van der Waals surface area contributed by atoms with Crippen molar-refractivity contribution >= 4 is 11.8 Å². The highest BCUT2D eigenvalue weighted by Crippen LogP contribution is 2.30. The molecule has 0 bridgehead atoms. The molecular formula is C15H17FN2O2. The molecule has 3 rings (SSSR count). The summed E-state index contributed by atoms with van der Waals surface area (Å²) in [6, 6.07) is 6.21. The number of nitrogens with one attached hydrogen (secondary N) is 1. The maximum atomic E-state index is 12.8. The third kappa shape index (κ3) is 2.98. The molecular weight excluding hydrogens is 259 g/mol. The first kappa shape index (κ1) is 13.1. The summed E-state index contributed by atoms with van der Waals surface area (Å²) in [5.74, 6) is -0.290. The third-order valence-electron chi connectivity index (χ3n) is 3.79. The molecule has 1 aliphatic carbocycles. The number of hydrogen-bond acceptors (Lipinski definition) is 2. The lowest BCUT2D eigenvalue weighted by atomic mass is 10.1. The second-order valence-corrected chi connectivity index (χ2v) is 5.55. The largest absolute Gasteiger partial charge is 0.351 e. The Bertz CT molecular complexity index is 525. The van der Waals surface area contributed by atoms with Gasteiger partial charge in [0.05, 0.1) is 12.5 Å². The minimum Gasteiger partial charge on any atom is -0.351 e. The molecule has 1 aromatic rings. The minimum atomic E-state index is -0.310. The first-order chi connectivity index (χ1) is 9.61. The molecule has 0 aromatic heterocycles. The van der Waals surface area contributed by atoms with Gasteiger partial charge in [0.25, 0.3) is 0 Å². The van der Waals surface area contributed by atoms with Gasteiger partial charge in [0, 0.05) is 19.0 Å². The van der Waals surface area contributed by atoms with E-state index in [1.165, 1.54) is 12.1 Å². The minimum absolute atomic E-state index is 0.0870. The molecule has 0 unspecified atom stereocenters. The van der Waals surface area contributed by atoms with Crippen molar-refractivity contribution in [3.05, 3.63) is 35.6 Å². The smallest absolute Gasteiger partial charge is 0.225 e. The molecule has 2 amide bonds. The molecule has 1 aromatic carbocycles. The van der Waals surface area contributed by atoms with Crippen LogP contribution in [0, 0.1) is 5.82 Å². The van der Waals surface area contributed by atoms with Crippen LogP contribution in [0.25, 0.3) is 0 Å². The Balaban J connectivity index is 1.51. The van der Waals surface area contributed by atoms with Crippen molar-refractivity contribution in [2.24, 2.45) is 0 Å². The van der Waals surface area contributed by atoms with Crippen LogP contribution in [0.15, 0.2) is 24.3 Å². The van der Waals surface area contributed by atoms with Gasteiger partial charge in [0.2, 0.25) is 11.8 Å². The van der Waals surface area contributed by atoms with Crippen LogP contribution >= 0.6 is 0 Å². The summed E-state index contributed by atoms with van der Waals surface area (Å²) in [5.41, 5.74) is 0.771. The standard InChI is InChI=1S/C15H17FN2O2/c16-11-3-1-10(2-4-11)7-14(19)17-12-8-15(20)18(9-12)13-5-6-13/h1-4,12-13H,5-9H2,(H,17,19)/t12-/m0/s1. The monoisotopic (exact) mass is 276 g/mol. The highest BCUT2D eigenvalue weighted by Gasteiger charge is 2.39. The van der Waals surface area contributed by atoms with E-state index in [1.54, 1.807) is 12.1 Å². The summed E-state index contributed by atoms with van der Waals surface area (Å²) in [6.45, 7) is 0.624. The van der Waals surface area contributed by atoms with Crippen molar-refractivity contribution < 1.29 is 14.0 Å². The Labute approximate surface area is 117 Å². The number of halogens is 1. The lowest BCUT2D eigenvalue weighted by Crippen LogP contribution is -2.38. The van der Waals surface area contributed by atoms with E-state index in [9.17, 15) is 14.0 Å². The SMILES string of the molecule is O=C(Cc1ccc(F)cc1)N[C@H]1CC(=O)N(C2CC2)C1. The zero-order valence-electron chi connectivity index (χ0n) is 11.1. The molecule has 1 N–H and O–H groups in total. The Kier molecular flexibility index (Phi) is 3.42. The Morgan fingerprint density at radius 1 is 1.30 bits per heavy atom. The molecule has 4 nitrogen and oxygen atoms in total. The fraction of sp³-hybridized carbons (Fsp3) is 0.467. The van der Waals surface area contributed by atoms with Gasteiger partial charge in [-0.25, -0.2) is 4.39 Å². The van der Waals surface area contributed by atoms with E-state index < -0.39 is 0 Å². The second kappa shape index (κ2) is 5.23. The van der Waals surface area contributed by atoms with Crippen LogP contribution in [-0.2, 0) is 16.0 Å². The molecule has 1 heterocycles. The lowest BCUT2D eigenvalue weighted by molar-refractivity contribution is -0.128. The molecule has 5 heteroatoms. The van der Waals surface area contributed by atoms with E-state index in [0.717, 1.165) is 18.4 Å². The first-order valence-corrected chi connectivity index (χ1v) is 6.95. The van der Waals surface area contributed by atoms with Gasteiger partial charge < -0.3 is 10.2 Å². The number of rotatable bonds is 4. The van der Waals surface area contributed by atoms with E-state index in [1.807, 2.05) is 4.90 Å². The number of amides is 2. The Hall–Kier alpha value is -1.91. The predicted octanol–water partition coefficient (Wildman–Crippen LogP) is 1.25. The van der Waals surface area contributed by atoms with Gasteiger partial charge in [-0.2, -0.15) is 0 Å². The zero-order chi connectivity index (χ0) is 14.1. The summed E-state index contributed by atoms with van der Waals surface area (Å²) >= 11 is 0. The number of hydrogen-bond donors (Lipinski definition) is 1. The Morgan fingerprint density at radius 3 is 2.65 bits per heavy atom. The van der Waals surface area contributed by atoms with Crippen LogP contribution < -0.4 is 5.32 Å². The molecule has 0 spiro atoms. The van der Waals surface area contributed by atoms with E-state index in [4.69, 9.17) is 0 Å². The summed E-state index contributed by atoms with van der Waals surface area (Å²) in [5, 5.41) is 2.89. The van der Waals surface area contributed by atoms with Crippen molar-refractivity contribution in [3.63, 3.8) is 0 Å². The van der Waals surface area contributed by atoms with Crippen molar-refractivity contribution in [2.75, 3.05) is 6.54 Å². The molecule has 0 radical (unpaired) electrons. The van der Waals surface area contributed by atoms with Crippen LogP contribution in [0.2, 0.25) is 0 Å². The maximum absolute atomic E-state index is 12.8. The molecule has 2 fully saturated rings. The van der Waals surface area contributed by atoms with Crippen LogP contribution in [-0.4, -0.2) is 35.3 Å². The van der Waals surface area contributed by atoms with Crippen molar-refractivity contribution in [1.82, 2.24) is 10.2 Å². The van der Waals surface area contributed by atoms with Crippen LogP contribution in [0.5, 0.6) is 0 Å². The highest BCUT2D eigenvalue weighted by molar-refractivity contribution is 5.83. The maximum Gasteiger partial charge on any atom is 0.225 e. The average molecular weight is 276 g/mol. The fourth-order valence-electron chi connectivity index (χ4n) is 2.63. The van der Waals surface area contributed by atoms with Crippen molar-refractivity contribution in [1.29, 1.82) is 0 Å². The molecule has 1 saturated heterocycles. The van der Waals surface area contributed by atoms with E-state index in [-0.39, 0.29) is 30.1 Å². The number of nitrogens with zero attached hydrogens (tertiary/aromatic N) is 1. The quantitative estimate of drug-likeness (QED) is 0.899. The molecule has 20 heavy (non-hydrogen) atoms. The molecule has 1 atom stereocenters. The zero-order valence-corrected chi connectivity index (χ0v) is 11.1. The van der Waals surface area contributed by atoms with E-state index in [2.05, 4.69) is 5.32 Å². The molecule has 106 valence electrons. The molecule has 1 aliphatic heterocycles. The Morgan fingerprint density at radius 2 is 2.00 bits per heavy atom. The molecule has 1 saturated carbocycles. The van der Waals surface area contributed by atoms with E-state index in [0.29, 0.717) is 19.0 Å². The third-order valence-corrected chi connectivity index (χ3v) is 3.79. The molecule has 2 aliphatic rings. The second-order valence-electron chi connectivity index (χ2n) is 5.55. The van der Waals surface area contributed by atoms with Crippen LogP contribution in [0.4, 0.5) is 4.39 Å². The van der Waals surface area contributed by atoms with Crippen LogP contribution in [0.1, 0.15) is 24.8 Å². The van der Waals surface area contributed by atoms with Gasteiger partial charge in [-0.15, -0.1) is 0 Å².